The molecule has 0 bridgehead atoms. The monoisotopic (exact) mass is 400 g/mol. The summed E-state index contributed by atoms with van der Waals surface area (Å²) in [6.45, 7) is 3.06. The molecule has 0 radical (unpaired) electrons. The van der Waals surface area contributed by atoms with Gasteiger partial charge in [-0.25, -0.2) is 0 Å². The molecular weight excluding hydrogens is 364 g/mol. The predicted octanol–water partition coefficient (Wildman–Crippen LogP) is 5.34. The van der Waals surface area contributed by atoms with E-state index in [1.807, 2.05) is 24.3 Å². The fraction of sp³-hybridized carbons (Fsp3) is 0.714. The zero-order chi connectivity index (χ0) is 19.8. The van der Waals surface area contributed by atoms with Crippen molar-refractivity contribution >= 4 is 10.1 Å². The fourth-order valence-electron chi connectivity index (χ4n) is 2.80. The molecule has 0 atom stereocenters. The van der Waals surface area contributed by atoms with Gasteiger partial charge >= 0.3 is 0 Å². The highest BCUT2D eigenvalue weighted by molar-refractivity contribution is 7.85. The molecule has 1 rings (SSSR count). The minimum absolute atomic E-state index is 0.00832. The van der Waals surface area contributed by atoms with E-state index in [1.54, 1.807) is 0 Å². The molecule has 0 aliphatic rings. The minimum atomic E-state index is -3.43. The highest BCUT2D eigenvalue weighted by Crippen LogP contribution is 2.26. The van der Waals surface area contributed by atoms with Crippen molar-refractivity contribution in [3.63, 3.8) is 0 Å². The summed E-state index contributed by atoms with van der Waals surface area (Å²) >= 11 is 0. The van der Waals surface area contributed by atoms with E-state index in [2.05, 4.69) is 11.1 Å². The summed E-state index contributed by atoms with van der Waals surface area (Å²) in [6, 6.07) is 7.44. The van der Waals surface area contributed by atoms with Gasteiger partial charge in [0.2, 0.25) is 0 Å². The number of unbranched alkanes of at least 4 members (excludes halogenated alkanes) is 9. The molecular formula is C21H36O5S. The van der Waals surface area contributed by atoms with E-state index in [9.17, 15) is 8.42 Å². The van der Waals surface area contributed by atoms with E-state index >= 15 is 0 Å². The molecule has 6 heteroatoms. The van der Waals surface area contributed by atoms with Gasteiger partial charge in [-0.05, 0) is 18.6 Å². The van der Waals surface area contributed by atoms with Gasteiger partial charge in [0.15, 0.2) is 11.5 Å². The maximum Gasteiger partial charge on any atom is 0.264 e. The van der Waals surface area contributed by atoms with Crippen molar-refractivity contribution < 1.29 is 22.1 Å². The second-order valence-electron chi connectivity index (χ2n) is 6.85. The van der Waals surface area contributed by atoms with E-state index < -0.39 is 10.1 Å². The molecule has 27 heavy (non-hydrogen) atoms. The van der Waals surface area contributed by atoms with E-state index in [1.165, 1.54) is 57.8 Å². The molecule has 156 valence electrons. The maximum atomic E-state index is 10.9. The number of hydrogen-bond acceptors (Lipinski definition) is 5. The molecule has 0 amide bonds. The molecule has 0 aliphatic heterocycles. The van der Waals surface area contributed by atoms with E-state index in [0.717, 1.165) is 12.7 Å². The summed E-state index contributed by atoms with van der Waals surface area (Å²) in [6.07, 6.45) is 14.0. The van der Waals surface area contributed by atoms with Crippen LogP contribution in [0.25, 0.3) is 0 Å². The average molecular weight is 401 g/mol. The van der Waals surface area contributed by atoms with Gasteiger partial charge in [-0.2, -0.15) is 8.42 Å². The standard InChI is InChI=1S/C21H36O5S/c1-3-4-5-6-7-8-9-10-11-14-17-24-20-15-12-13-16-21(20)25-18-19-26-27(2,22)23/h12-13,15-16H,3-11,14,17-19H2,1-2H3. The maximum absolute atomic E-state index is 10.9. The lowest BCUT2D eigenvalue weighted by Crippen LogP contribution is -2.11. The highest BCUT2D eigenvalue weighted by Gasteiger charge is 2.06. The lowest BCUT2D eigenvalue weighted by atomic mass is 10.1. The first kappa shape index (κ1) is 23.8. The topological polar surface area (TPSA) is 61.8 Å². The Bertz CT molecular complexity index is 586. The predicted molar refractivity (Wildman–Crippen MR) is 110 cm³/mol. The lowest BCUT2D eigenvalue weighted by Gasteiger charge is -2.12. The van der Waals surface area contributed by atoms with Crippen LogP contribution in [0.4, 0.5) is 0 Å². The zero-order valence-corrected chi connectivity index (χ0v) is 17.8. The molecule has 0 N–H and O–H groups in total. The first-order valence-electron chi connectivity index (χ1n) is 10.2. The van der Waals surface area contributed by atoms with Gasteiger partial charge in [-0.15, -0.1) is 0 Å². The van der Waals surface area contributed by atoms with Gasteiger partial charge < -0.3 is 9.47 Å². The van der Waals surface area contributed by atoms with Gasteiger partial charge in [-0.3, -0.25) is 4.18 Å². The Morgan fingerprint density at radius 1 is 0.704 bits per heavy atom. The smallest absolute Gasteiger partial charge is 0.264 e. The molecule has 0 aromatic heterocycles. The second-order valence-corrected chi connectivity index (χ2v) is 8.50. The van der Waals surface area contributed by atoms with Crippen LogP contribution in [0, 0.1) is 0 Å². The van der Waals surface area contributed by atoms with Crippen molar-refractivity contribution in [1.29, 1.82) is 0 Å². The number of benzene rings is 1. The molecule has 0 spiro atoms. The Hall–Kier alpha value is -1.27. The normalized spacial score (nSPS) is 11.5. The van der Waals surface area contributed by atoms with E-state index in [-0.39, 0.29) is 13.2 Å². The first-order chi connectivity index (χ1) is 13.0. The Balaban J connectivity index is 2.11. The fourth-order valence-corrected chi connectivity index (χ4v) is 3.17. The van der Waals surface area contributed by atoms with Crippen LogP contribution >= 0.6 is 0 Å². The summed E-state index contributed by atoms with van der Waals surface area (Å²) < 4.78 is 37.9. The van der Waals surface area contributed by atoms with Gasteiger partial charge in [0.25, 0.3) is 10.1 Å². The lowest BCUT2D eigenvalue weighted by molar-refractivity contribution is 0.210. The average Bonchev–Trinajstić information content (AvgIpc) is 2.63. The summed E-state index contributed by atoms with van der Waals surface area (Å²) in [5, 5.41) is 0. The van der Waals surface area contributed by atoms with Crippen LogP contribution in [0.2, 0.25) is 0 Å². The molecule has 1 aromatic rings. The number of para-hydroxylation sites is 2. The third kappa shape index (κ3) is 13.5. The summed E-state index contributed by atoms with van der Waals surface area (Å²) in [7, 11) is -3.43. The third-order valence-corrected chi connectivity index (χ3v) is 4.84. The van der Waals surface area contributed by atoms with Crippen molar-refractivity contribution in [3.05, 3.63) is 24.3 Å². The van der Waals surface area contributed by atoms with Crippen molar-refractivity contribution in [3.8, 4) is 11.5 Å². The Kier molecular flexibility index (Phi) is 13.0. The number of ether oxygens (including phenoxy) is 2. The van der Waals surface area contributed by atoms with Crippen LogP contribution in [0.1, 0.15) is 71.1 Å². The third-order valence-electron chi connectivity index (χ3n) is 4.24. The van der Waals surface area contributed by atoms with Gasteiger partial charge in [0.05, 0.1) is 12.9 Å². The quantitative estimate of drug-likeness (QED) is 0.261. The van der Waals surface area contributed by atoms with E-state index in [4.69, 9.17) is 9.47 Å². The zero-order valence-electron chi connectivity index (χ0n) is 17.0. The minimum Gasteiger partial charge on any atom is -0.490 e. The van der Waals surface area contributed by atoms with Crippen molar-refractivity contribution in [1.82, 2.24) is 0 Å². The Morgan fingerprint density at radius 2 is 1.19 bits per heavy atom. The largest absolute Gasteiger partial charge is 0.490 e. The number of rotatable bonds is 17. The Morgan fingerprint density at radius 3 is 1.70 bits per heavy atom. The van der Waals surface area contributed by atoms with Gasteiger partial charge in [-0.1, -0.05) is 76.8 Å². The van der Waals surface area contributed by atoms with Crippen molar-refractivity contribution in [2.75, 3.05) is 26.1 Å². The first-order valence-corrected chi connectivity index (χ1v) is 12.0. The molecule has 5 nitrogen and oxygen atoms in total. The second kappa shape index (κ2) is 14.7. The van der Waals surface area contributed by atoms with Gasteiger partial charge in [0, 0.05) is 0 Å². The van der Waals surface area contributed by atoms with Crippen LogP contribution in [-0.4, -0.2) is 34.5 Å². The molecule has 0 heterocycles. The molecule has 0 aliphatic carbocycles. The summed E-state index contributed by atoms with van der Waals surface area (Å²) in [4.78, 5) is 0. The number of hydrogen-bond donors (Lipinski definition) is 0. The highest BCUT2D eigenvalue weighted by atomic mass is 32.2. The van der Waals surface area contributed by atoms with Gasteiger partial charge in [0.1, 0.15) is 13.2 Å². The van der Waals surface area contributed by atoms with Crippen LogP contribution in [-0.2, 0) is 14.3 Å². The molecule has 0 saturated carbocycles. The molecule has 0 saturated heterocycles. The molecule has 1 aromatic carbocycles. The van der Waals surface area contributed by atoms with Crippen molar-refractivity contribution in [2.45, 2.75) is 71.1 Å². The van der Waals surface area contributed by atoms with Crippen molar-refractivity contribution in [2.24, 2.45) is 0 Å². The SMILES string of the molecule is CCCCCCCCCCCCOc1ccccc1OCCOS(C)(=O)=O. The molecule has 0 unspecified atom stereocenters. The summed E-state index contributed by atoms with van der Waals surface area (Å²) in [5.74, 6) is 1.30. The van der Waals surface area contributed by atoms with Crippen LogP contribution in [0.15, 0.2) is 24.3 Å². The summed E-state index contributed by atoms with van der Waals surface area (Å²) in [5.41, 5.74) is 0. The van der Waals surface area contributed by atoms with E-state index in [0.29, 0.717) is 18.1 Å². The van der Waals surface area contributed by atoms with Crippen LogP contribution < -0.4 is 9.47 Å². The van der Waals surface area contributed by atoms with Crippen LogP contribution in [0.3, 0.4) is 0 Å². The Labute approximate surface area is 165 Å². The van der Waals surface area contributed by atoms with Crippen LogP contribution in [0.5, 0.6) is 11.5 Å². The molecule has 0 fully saturated rings.